The molecule has 2 aromatic heterocycles. The molecular formula is C13H15N3O2S. The Morgan fingerprint density at radius 3 is 2.79 bits per heavy atom. The lowest BCUT2D eigenvalue weighted by Crippen LogP contribution is -2.04. The number of nitrogens with zero attached hydrogens (tertiary/aromatic N) is 3. The molecule has 0 fully saturated rings. The van der Waals surface area contributed by atoms with E-state index in [0.29, 0.717) is 9.88 Å². The minimum Gasteiger partial charge on any atom is -0.476 e. The summed E-state index contributed by atoms with van der Waals surface area (Å²) < 4.78 is 1.90. The fraction of sp³-hybridized carbons (Fsp3) is 0.308. The Hall–Kier alpha value is -1.95. The Morgan fingerprint density at radius 2 is 2.21 bits per heavy atom. The van der Waals surface area contributed by atoms with Crippen LogP contribution in [-0.2, 0) is 0 Å². The van der Waals surface area contributed by atoms with Crippen molar-refractivity contribution >= 4 is 29.5 Å². The molecule has 2 heterocycles. The predicted octanol–water partition coefficient (Wildman–Crippen LogP) is 3.10. The molecule has 6 heteroatoms. The van der Waals surface area contributed by atoms with Gasteiger partial charge in [0.05, 0.1) is 5.69 Å². The van der Waals surface area contributed by atoms with E-state index in [0.717, 1.165) is 5.69 Å². The smallest absolute Gasteiger partial charge is 0.355 e. The van der Waals surface area contributed by atoms with Gasteiger partial charge in [-0.05, 0) is 39.0 Å². The molecule has 0 saturated carbocycles. The fourth-order valence-corrected chi connectivity index (χ4v) is 2.55. The molecule has 0 spiro atoms. The molecule has 2 rings (SSSR count). The number of hydrogen-bond acceptors (Lipinski definition) is 4. The first-order chi connectivity index (χ1) is 8.99. The van der Waals surface area contributed by atoms with Gasteiger partial charge in [-0.3, -0.25) is 4.68 Å². The van der Waals surface area contributed by atoms with Crippen molar-refractivity contribution in [1.82, 2.24) is 14.8 Å². The molecule has 100 valence electrons. The zero-order valence-electron chi connectivity index (χ0n) is 11.0. The molecule has 0 aliphatic carbocycles. The number of carbonyl (C=O) groups is 1. The number of aryl methyl sites for hydroxylation is 1. The van der Waals surface area contributed by atoms with E-state index in [-0.39, 0.29) is 11.7 Å². The molecule has 19 heavy (non-hydrogen) atoms. The Kier molecular flexibility index (Phi) is 3.80. The van der Waals surface area contributed by atoms with E-state index in [4.69, 9.17) is 5.11 Å². The summed E-state index contributed by atoms with van der Waals surface area (Å²) in [6.07, 6.45) is 5.46. The van der Waals surface area contributed by atoms with Crippen LogP contribution in [0.3, 0.4) is 0 Å². The number of hydrogen-bond donors (Lipinski definition) is 1. The molecule has 0 radical (unpaired) electrons. The average Bonchev–Trinajstić information content (AvgIpc) is 2.92. The molecule has 0 aliphatic heterocycles. The van der Waals surface area contributed by atoms with Crippen LogP contribution in [0, 0.1) is 6.92 Å². The number of aromatic carboxylic acids is 1. The molecule has 0 aliphatic rings. The van der Waals surface area contributed by atoms with Gasteiger partial charge in [0, 0.05) is 17.1 Å². The normalized spacial score (nSPS) is 11.6. The maximum atomic E-state index is 10.9. The third-order valence-corrected chi connectivity index (χ3v) is 3.54. The standard InChI is InChI=1S/C13H15N3O2S/c1-8(2)16-10(6-7-14-16)4-5-11-15-12(13(17)18)9(3)19-11/h4-8H,1-3H3,(H,17,18). The fourth-order valence-electron chi connectivity index (χ4n) is 1.73. The van der Waals surface area contributed by atoms with Crippen molar-refractivity contribution < 1.29 is 9.90 Å². The average molecular weight is 277 g/mol. The second-order valence-corrected chi connectivity index (χ2v) is 5.62. The van der Waals surface area contributed by atoms with Crippen LogP contribution in [0.15, 0.2) is 12.3 Å². The first-order valence-corrected chi connectivity index (χ1v) is 6.73. The Morgan fingerprint density at radius 1 is 1.47 bits per heavy atom. The lowest BCUT2D eigenvalue weighted by Gasteiger charge is -2.07. The van der Waals surface area contributed by atoms with Gasteiger partial charge in [0.25, 0.3) is 0 Å². The molecule has 0 unspecified atom stereocenters. The van der Waals surface area contributed by atoms with Crippen LogP contribution in [0.1, 0.15) is 46.0 Å². The van der Waals surface area contributed by atoms with E-state index in [1.165, 1.54) is 11.3 Å². The third kappa shape index (κ3) is 2.90. The summed E-state index contributed by atoms with van der Waals surface area (Å²) in [6, 6.07) is 2.19. The van der Waals surface area contributed by atoms with E-state index in [1.807, 2.05) is 22.9 Å². The summed E-state index contributed by atoms with van der Waals surface area (Å²) in [5.41, 5.74) is 1.10. The Bertz CT molecular complexity index is 626. The second-order valence-electron chi connectivity index (χ2n) is 4.39. The maximum absolute atomic E-state index is 10.9. The largest absolute Gasteiger partial charge is 0.476 e. The summed E-state index contributed by atoms with van der Waals surface area (Å²) in [7, 11) is 0. The van der Waals surface area contributed by atoms with Gasteiger partial charge >= 0.3 is 5.97 Å². The van der Waals surface area contributed by atoms with Crippen molar-refractivity contribution in [2.45, 2.75) is 26.8 Å². The van der Waals surface area contributed by atoms with Gasteiger partial charge < -0.3 is 5.11 Å². The topological polar surface area (TPSA) is 68.0 Å². The number of aromatic nitrogens is 3. The summed E-state index contributed by atoms with van der Waals surface area (Å²) in [5, 5.41) is 13.9. The first-order valence-electron chi connectivity index (χ1n) is 5.91. The van der Waals surface area contributed by atoms with Crippen LogP contribution < -0.4 is 0 Å². The van der Waals surface area contributed by atoms with Crippen molar-refractivity contribution in [3.05, 3.63) is 33.5 Å². The highest BCUT2D eigenvalue weighted by molar-refractivity contribution is 7.12. The summed E-state index contributed by atoms with van der Waals surface area (Å²) in [4.78, 5) is 15.7. The lowest BCUT2D eigenvalue weighted by atomic mass is 10.3. The Labute approximate surface area is 115 Å². The van der Waals surface area contributed by atoms with Gasteiger partial charge in [-0.1, -0.05) is 0 Å². The highest BCUT2D eigenvalue weighted by Gasteiger charge is 2.12. The molecule has 5 nitrogen and oxygen atoms in total. The van der Waals surface area contributed by atoms with Crippen LogP contribution in [0.25, 0.3) is 12.2 Å². The molecular weight excluding hydrogens is 262 g/mol. The van der Waals surface area contributed by atoms with Gasteiger partial charge in [-0.2, -0.15) is 5.10 Å². The molecule has 0 atom stereocenters. The van der Waals surface area contributed by atoms with Crippen molar-refractivity contribution in [1.29, 1.82) is 0 Å². The summed E-state index contributed by atoms with van der Waals surface area (Å²) >= 11 is 1.37. The lowest BCUT2D eigenvalue weighted by molar-refractivity contribution is 0.0690. The van der Waals surface area contributed by atoms with E-state index in [2.05, 4.69) is 23.9 Å². The second kappa shape index (κ2) is 5.36. The van der Waals surface area contributed by atoms with E-state index in [1.54, 1.807) is 13.1 Å². The van der Waals surface area contributed by atoms with Gasteiger partial charge in [-0.15, -0.1) is 11.3 Å². The number of thiazole rings is 1. The predicted molar refractivity (Wildman–Crippen MR) is 75.4 cm³/mol. The minimum atomic E-state index is -0.986. The van der Waals surface area contributed by atoms with Crippen LogP contribution in [0.5, 0.6) is 0 Å². The van der Waals surface area contributed by atoms with Crippen LogP contribution in [-0.4, -0.2) is 25.8 Å². The molecule has 0 saturated heterocycles. The highest BCUT2D eigenvalue weighted by atomic mass is 32.1. The highest BCUT2D eigenvalue weighted by Crippen LogP contribution is 2.20. The van der Waals surface area contributed by atoms with Crippen molar-refractivity contribution in [3.63, 3.8) is 0 Å². The summed E-state index contributed by atoms with van der Waals surface area (Å²) in [6.45, 7) is 5.87. The van der Waals surface area contributed by atoms with Crippen LogP contribution in [0.2, 0.25) is 0 Å². The summed E-state index contributed by atoms with van der Waals surface area (Å²) in [5.74, 6) is -0.986. The zero-order chi connectivity index (χ0) is 14.0. The molecule has 0 amide bonds. The van der Waals surface area contributed by atoms with E-state index < -0.39 is 5.97 Å². The minimum absolute atomic E-state index is 0.127. The molecule has 1 N–H and O–H groups in total. The Balaban J connectivity index is 2.25. The number of carboxylic acids is 1. The van der Waals surface area contributed by atoms with Gasteiger partial charge in [-0.25, -0.2) is 9.78 Å². The van der Waals surface area contributed by atoms with Crippen molar-refractivity contribution in [2.24, 2.45) is 0 Å². The van der Waals surface area contributed by atoms with E-state index in [9.17, 15) is 4.79 Å². The quantitative estimate of drug-likeness (QED) is 0.932. The van der Waals surface area contributed by atoms with E-state index >= 15 is 0 Å². The number of carboxylic acid groups (broad SMARTS) is 1. The zero-order valence-corrected chi connectivity index (χ0v) is 11.8. The monoisotopic (exact) mass is 277 g/mol. The molecule has 2 aromatic rings. The molecule has 0 aromatic carbocycles. The SMILES string of the molecule is Cc1sc(C=Cc2ccnn2C(C)C)nc1C(=O)O. The molecule has 0 bridgehead atoms. The van der Waals surface area contributed by atoms with Crippen LogP contribution in [0.4, 0.5) is 0 Å². The van der Waals surface area contributed by atoms with Crippen molar-refractivity contribution in [3.8, 4) is 0 Å². The maximum Gasteiger partial charge on any atom is 0.355 e. The first kappa shape index (κ1) is 13.5. The third-order valence-electron chi connectivity index (χ3n) is 2.60. The van der Waals surface area contributed by atoms with Crippen molar-refractivity contribution in [2.75, 3.05) is 0 Å². The van der Waals surface area contributed by atoms with Gasteiger partial charge in [0.1, 0.15) is 5.01 Å². The van der Waals surface area contributed by atoms with Gasteiger partial charge in [0.15, 0.2) is 5.69 Å². The number of rotatable bonds is 4. The van der Waals surface area contributed by atoms with Gasteiger partial charge in [0.2, 0.25) is 0 Å². The van der Waals surface area contributed by atoms with Crippen LogP contribution >= 0.6 is 11.3 Å².